The summed E-state index contributed by atoms with van der Waals surface area (Å²) in [7, 11) is 3.38. The van der Waals surface area contributed by atoms with Crippen molar-refractivity contribution in [2.75, 3.05) is 40.3 Å². The highest BCUT2D eigenvalue weighted by Crippen LogP contribution is 2.14. The number of nitrogens with zero attached hydrogens (tertiary/aromatic N) is 1. The van der Waals surface area contributed by atoms with Crippen molar-refractivity contribution < 1.29 is 14.3 Å². The smallest absolute Gasteiger partial charge is 0.246 e. The zero-order valence-electron chi connectivity index (χ0n) is 10.7. The third-order valence-corrected chi connectivity index (χ3v) is 2.71. The SMILES string of the molecule is CN(C)C(=O)CCNC(=O)COC1(C)CNC1. The molecular weight excluding hydrogens is 222 g/mol. The van der Waals surface area contributed by atoms with Gasteiger partial charge in [-0.3, -0.25) is 9.59 Å². The van der Waals surface area contributed by atoms with E-state index >= 15 is 0 Å². The van der Waals surface area contributed by atoms with Gasteiger partial charge in [0.2, 0.25) is 11.8 Å². The van der Waals surface area contributed by atoms with Crippen LogP contribution in [0.2, 0.25) is 0 Å². The normalized spacial score (nSPS) is 17.1. The van der Waals surface area contributed by atoms with Crippen molar-refractivity contribution in [2.24, 2.45) is 0 Å². The molecule has 1 aliphatic rings. The zero-order chi connectivity index (χ0) is 12.9. The molecule has 0 aliphatic carbocycles. The highest BCUT2D eigenvalue weighted by molar-refractivity contribution is 5.79. The summed E-state index contributed by atoms with van der Waals surface area (Å²) < 4.78 is 5.46. The second-order valence-electron chi connectivity index (χ2n) is 4.73. The molecule has 2 amide bonds. The summed E-state index contributed by atoms with van der Waals surface area (Å²) in [5, 5.41) is 5.75. The molecule has 0 saturated carbocycles. The minimum atomic E-state index is -0.212. The van der Waals surface area contributed by atoms with Crippen LogP contribution >= 0.6 is 0 Å². The summed E-state index contributed by atoms with van der Waals surface area (Å²) in [6.45, 7) is 3.92. The van der Waals surface area contributed by atoms with Crippen molar-refractivity contribution in [1.29, 1.82) is 0 Å². The van der Waals surface area contributed by atoms with Crippen LogP contribution in [0, 0.1) is 0 Å². The molecule has 0 radical (unpaired) electrons. The Kier molecular flexibility index (Phi) is 4.89. The summed E-state index contributed by atoms with van der Waals surface area (Å²) in [4.78, 5) is 24.1. The van der Waals surface area contributed by atoms with Crippen LogP contribution in [0.5, 0.6) is 0 Å². The van der Waals surface area contributed by atoms with E-state index in [-0.39, 0.29) is 24.0 Å². The van der Waals surface area contributed by atoms with E-state index in [0.717, 1.165) is 13.1 Å². The Morgan fingerprint density at radius 1 is 1.41 bits per heavy atom. The average Bonchev–Trinajstić information content (AvgIpc) is 2.23. The van der Waals surface area contributed by atoms with Gasteiger partial charge in [0, 0.05) is 40.2 Å². The first-order valence-electron chi connectivity index (χ1n) is 5.74. The highest BCUT2D eigenvalue weighted by atomic mass is 16.5. The van der Waals surface area contributed by atoms with Crippen LogP contribution < -0.4 is 10.6 Å². The zero-order valence-corrected chi connectivity index (χ0v) is 10.7. The van der Waals surface area contributed by atoms with E-state index in [1.54, 1.807) is 14.1 Å². The first-order valence-corrected chi connectivity index (χ1v) is 5.74. The van der Waals surface area contributed by atoms with Gasteiger partial charge in [-0.2, -0.15) is 0 Å². The van der Waals surface area contributed by atoms with Gasteiger partial charge in [-0.15, -0.1) is 0 Å². The molecule has 17 heavy (non-hydrogen) atoms. The molecule has 6 nitrogen and oxygen atoms in total. The fraction of sp³-hybridized carbons (Fsp3) is 0.818. The van der Waals surface area contributed by atoms with E-state index in [1.165, 1.54) is 4.90 Å². The van der Waals surface area contributed by atoms with E-state index in [2.05, 4.69) is 10.6 Å². The van der Waals surface area contributed by atoms with Crippen molar-refractivity contribution >= 4 is 11.8 Å². The minimum Gasteiger partial charge on any atom is -0.363 e. The topological polar surface area (TPSA) is 70.7 Å². The molecule has 1 rings (SSSR count). The van der Waals surface area contributed by atoms with Crippen molar-refractivity contribution in [3.63, 3.8) is 0 Å². The lowest BCUT2D eigenvalue weighted by Gasteiger charge is -2.38. The second-order valence-corrected chi connectivity index (χ2v) is 4.73. The van der Waals surface area contributed by atoms with Gasteiger partial charge >= 0.3 is 0 Å². The predicted molar refractivity (Wildman–Crippen MR) is 63.5 cm³/mol. The first kappa shape index (κ1) is 13.9. The number of carbonyl (C=O) groups is 2. The van der Waals surface area contributed by atoms with Crippen molar-refractivity contribution in [1.82, 2.24) is 15.5 Å². The van der Waals surface area contributed by atoms with Crippen LogP contribution in [0.4, 0.5) is 0 Å². The van der Waals surface area contributed by atoms with E-state index in [9.17, 15) is 9.59 Å². The lowest BCUT2D eigenvalue weighted by atomic mass is 10.0. The molecule has 1 fully saturated rings. The lowest BCUT2D eigenvalue weighted by Crippen LogP contribution is -2.59. The van der Waals surface area contributed by atoms with Gasteiger partial charge in [-0.1, -0.05) is 0 Å². The number of hydrogen-bond acceptors (Lipinski definition) is 4. The molecule has 0 bridgehead atoms. The number of hydrogen-bond donors (Lipinski definition) is 2. The molecule has 1 aliphatic heterocycles. The Bertz CT molecular complexity index is 288. The Hall–Kier alpha value is -1.14. The molecule has 0 aromatic heterocycles. The molecule has 1 heterocycles. The van der Waals surface area contributed by atoms with Crippen molar-refractivity contribution in [3.05, 3.63) is 0 Å². The van der Waals surface area contributed by atoms with Crippen molar-refractivity contribution in [3.8, 4) is 0 Å². The minimum absolute atomic E-state index is 0.00127. The van der Waals surface area contributed by atoms with Crippen LogP contribution in [-0.4, -0.2) is 62.7 Å². The van der Waals surface area contributed by atoms with Gasteiger partial charge in [-0.05, 0) is 6.92 Å². The quantitative estimate of drug-likeness (QED) is 0.625. The van der Waals surface area contributed by atoms with E-state index in [4.69, 9.17) is 4.74 Å². The van der Waals surface area contributed by atoms with E-state index in [1.807, 2.05) is 6.92 Å². The van der Waals surface area contributed by atoms with Gasteiger partial charge in [0.05, 0.1) is 5.60 Å². The van der Waals surface area contributed by atoms with Crippen LogP contribution in [0.15, 0.2) is 0 Å². The fourth-order valence-electron chi connectivity index (χ4n) is 1.40. The molecule has 0 aromatic rings. The lowest BCUT2D eigenvalue weighted by molar-refractivity contribution is -0.136. The number of rotatable bonds is 6. The van der Waals surface area contributed by atoms with Crippen LogP contribution in [0.1, 0.15) is 13.3 Å². The molecule has 0 aromatic carbocycles. The van der Waals surface area contributed by atoms with Gasteiger partial charge in [0.25, 0.3) is 0 Å². The maximum atomic E-state index is 11.4. The molecule has 1 saturated heterocycles. The summed E-state index contributed by atoms with van der Waals surface area (Å²) in [5.74, 6) is -0.175. The highest BCUT2D eigenvalue weighted by Gasteiger charge is 2.32. The summed E-state index contributed by atoms with van der Waals surface area (Å²) in [6.07, 6.45) is 0.317. The molecule has 0 unspecified atom stereocenters. The molecule has 0 atom stereocenters. The standard InChI is InChI=1S/C11H21N3O3/c1-11(7-12-8-11)17-6-9(15)13-5-4-10(16)14(2)3/h12H,4-8H2,1-3H3,(H,13,15). The maximum absolute atomic E-state index is 11.4. The Morgan fingerprint density at radius 3 is 2.53 bits per heavy atom. The molecular formula is C11H21N3O3. The van der Waals surface area contributed by atoms with E-state index in [0.29, 0.717) is 13.0 Å². The van der Waals surface area contributed by atoms with E-state index < -0.39 is 0 Å². The summed E-state index contributed by atoms with van der Waals surface area (Å²) >= 11 is 0. The fourth-order valence-corrected chi connectivity index (χ4v) is 1.40. The largest absolute Gasteiger partial charge is 0.363 e. The Labute approximate surface area is 102 Å². The Morgan fingerprint density at radius 2 is 2.06 bits per heavy atom. The summed E-state index contributed by atoms with van der Waals surface area (Å²) in [6, 6.07) is 0. The Balaban J connectivity index is 2.07. The summed E-state index contributed by atoms with van der Waals surface area (Å²) in [5.41, 5.74) is -0.212. The second kappa shape index (κ2) is 5.97. The third-order valence-electron chi connectivity index (χ3n) is 2.71. The van der Waals surface area contributed by atoms with Crippen LogP contribution in [0.3, 0.4) is 0 Å². The molecule has 6 heteroatoms. The van der Waals surface area contributed by atoms with Crippen LogP contribution in [-0.2, 0) is 14.3 Å². The van der Waals surface area contributed by atoms with Gasteiger partial charge in [0.15, 0.2) is 0 Å². The first-order chi connectivity index (χ1) is 7.93. The predicted octanol–water partition coefficient (Wildman–Crippen LogP) is -1.04. The van der Waals surface area contributed by atoms with Gasteiger partial charge < -0.3 is 20.3 Å². The number of ether oxygens (including phenoxy) is 1. The number of carbonyl (C=O) groups excluding carboxylic acids is 2. The van der Waals surface area contributed by atoms with Crippen LogP contribution in [0.25, 0.3) is 0 Å². The maximum Gasteiger partial charge on any atom is 0.246 e. The monoisotopic (exact) mass is 243 g/mol. The average molecular weight is 243 g/mol. The van der Waals surface area contributed by atoms with Crippen molar-refractivity contribution in [2.45, 2.75) is 18.9 Å². The molecule has 2 N–H and O–H groups in total. The number of nitrogens with one attached hydrogen (secondary N) is 2. The number of amides is 2. The molecule has 0 spiro atoms. The van der Waals surface area contributed by atoms with Gasteiger partial charge in [0.1, 0.15) is 6.61 Å². The molecule has 98 valence electrons. The van der Waals surface area contributed by atoms with Gasteiger partial charge in [-0.25, -0.2) is 0 Å². The third kappa shape index (κ3) is 4.70.